The Kier molecular flexibility index (Phi) is 3.99. The van der Waals surface area contributed by atoms with Crippen molar-refractivity contribution in [1.29, 1.82) is 0 Å². The number of hydrogen-bond donors (Lipinski definition) is 0. The van der Waals surface area contributed by atoms with Crippen LogP contribution in [0.4, 0.5) is 19.4 Å². The molecule has 1 aromatic carbocycles. The molecular formula is C12H16F5NOS2. The first-order valence-corrected chi connectivity index (χ1v) is 8.88. The van der Waals surface area contributed by atoms with Gasteiger partial charge < -0.3 is 4.55 Å². The molecule has 0 aliphatic heterocycles. The Morgan fingerprint density at radius 2 is 1.67 bits per heavy atom. The van der Waals surface area contributed by atoms with E-state index in [4.69, 9.17) is 0 Å². The van der Waals surface area contributed by atoms with Gasteiger partial charge in [-0.05, 0) is 39.8 Å². The second-order valence-electron chi connectivity index (χ2n) is 5.54. The van der Waals surface area contributed by atoms with Crippen LogP contribution in [0, 0.1) is 0 Å². The van der Waals surface area contributed by atoms with Gasteiger partial charge in [0.25, 0.3) is 0 Å². The van der Waals surface area contributed by atoms with Crippen LogP contribution in [0.1, 0.15) is 33.3 Å². The largest absolute Gasteiger partial charge is 0.591 e. The second-order valence-corrected chi connectivity index (χ2v) is 9.85. The molecule has 0 bridgehead atoms. The van der Waals surface area contributed by atoms with Crippen LogP contribution in [0.25, 0.3) is 0 Å². The molecule has 0 aromatic heterocycles. The third-order valence-corrected chi connectivity index (χ3v) is 5.07. The lowest BCUT2D eigenvalue weighted by Crippen LogP contribution is -2.26. The molecule has 0 aliphatic rings. The monoisotopic (exact) mass is 349 g/mol. The molecule has 0 N–H and O–H groups in total. The molecule has 0 radical (unpaired) electrons. The Morgan fingerprint density at radius 3 is 2.10 bits per heavy atom. The van der Waals surface area contributed by atoms with E-state index in [2.05, 4.69) is 4.40 Å². The van der Waals surface area contributed by atoms with Crippen molar-refractivity contribution in [2.24, 2.45) is 4.40 Å². The molecule has 0 saturated carbocycles. The normalized spacial score (nSPS) is 18.9. The van der Waals surface area contributed by atoms with Crippen molar-refractivity contribution in [3.05, 3.63) is 29.8 Å². The summed E-state index contributed by atoms with van der Waals surface area (Å²) in [6.45, 7) is 6.26. The molecular weight excluding hydrogens is 333 g/mol. The summed E-state index contributed by atoms with van der Waals surface area (Å²) in [5.41, 5.74) is -0.134. The van der Waals surface area contributed by atoms with Crippen molar-refractivity contribution < 1.29 is 24.0 Å². The van der Waals surface area contributed by atoms with Crippen molar-refractivity contribution >= 4 is 27.3 Å². The maximum Gasteiger partial charge on any atom is 0.310 e. The minimum atomic E-state index is -9.73. The highest BCUT2D eigenvalue weighted by Crippen LogP contribution is 3.02. The molecule has 0 saturated heterocycles. The summed E-state index contributed by atoms with van der Waals surface area (Å²) < 4.78 is 78.6. The maximum atomic E-state index is 12.7. The van der Waals surface area contributed by atoms with Crippen LogP contribution >= 0.6 is 10.2 Å². The highest BCUT2D eigenvalue weighted by molar-refractivity contribution is 8.45. The lowest BCUT2D eigenvalue weighted by atomic mass is 10.1. The Bertz CT molecular complexity index is 577. The summed E-state index contributed by atoms with van der Waals surface area (Å²) in [5, 5.41) is 0. The average molecular weight is 349 g/mol. The molecule has 0 fully saturated rings. The average Bonchev–Trinajstić information content (AvgIpc) is 2.24. The van der Waals surface area contributed by atoms with E-state index < -0.39 is 31.2 Å². The number of nitrogens with zero attached hydrogens (tertiary/aromatic N) is 1. The fourth-order valence-corrected chi connectivity index (χ4v) is 2.59. The summed E-state index contributed by atoms with van der Waals surface area (Å²) >= 11 is -1.69. The summed E-state index contributed by atoms with van der Waals surface area (Å²) in [5.74, 6) is 0. The van der Waals surface area contributed by atoms with Gasteiger partial charge in [-0.15, -0.1) is 0 Å². The van der Waals surface area contributed by atoms with Crippen LogP contribution < -0.4 is 0 Å². The minimum absolute atomic E-state index is 0.00644. The molecule has 21 heavy (non-hydrogen) atoms. The van der Waals surface area contributed by atoms with E-state index in [0.717, 1.165) is 6.07 Å². The molecule has 1 aromatic rings. The minimum Gasteiger partial charge on any atom is -0.591 e. The van der Waals surface area contributed by atoms with E-state index in [1.54, 1.807) is 20.8 Å². The first-order valence-electron chi connectivity index (χ1n) is 5.82. The second kappa shape index (κ2) is 4.60. The van der Waals surface area contributed by atoms with Crippen LogP contribution in [0.5, 0.6) is 0 Å². The van der Waals surface area contributed by atoms with Crippen molar-refractivity contribution in [2.75, 3.05) is 0 Å². The van der Waals surface area contributed by atoms with Gasteiger partial charge in [0.1, 0.15) is 21.0 Å². The predicted molar refractivity (Wildman–Crippen MR) is 77.9 cm³/mol. The molecule has 9 heteroatoms. The molecule has 1 atom stereocenters. The number of hydrogen-bond acceptors (Lipinski definition) is 2. The van der Waals surface area contributed by atoms with Gasteiger partial charge in [-0.1, -0.05) is 36.0 Å². The van der Waals surface area contributed by atoms with Gasteiger partial charge >= 0.3 is 10.2 Å². The van der Waals surface area contributed by atoms with Gasteiger partial charge in [0.15, 0.2) is 0 Å². The zero-order chi connectivity index (χ0) is 16.8. The molecule has 1 unspecified atom stereocenters. The number of rotatable bonds is 3. The quantitative estimate of drug-likeness (QED) is 0.396. The topological polar surface area (TPSA) is 35.4 Å². The third kappa shape index (κ3) is 5.15. The van der Waals surface area contributed by atoms with E-state index in [-0.39, 0.29) is 11.3 Å². The van der Waals surface area contributed by atoms with Crippen molar-refractivity contribution in [3.8, 4) is 0 Å². The number of benzene rings is 1. The Morgan fingerprint density at radius 1 is 1.14 bits per heavy atom. The Labute approximate surface area is 123 Å². The Balaban J connectivity index is 3.28. The molecule has 1 rings (SSSR count). The molecule has 0 heterocycles. The first kappa shape index (κ1) is 18.2. The highest BCUT2D eigenvalue weighted by Gasteiger charge is 2.65. The van der Waals surface area contributed by atoms with Gasteiger partial charge in [-0.3, -0.25) is 0 Å². The summed E-state index contributed by atoms with van der Waals surface area (Å²) in [6.07, 6.45) is 0. The van der Waals surface area contributed by atoms with Crippen LogP contribution in [0.2, 0.25) is 0 Å². The van der Waals surface area contributed by atoms with E-state index in [9.17, 15) is 24.0 Å². The van der Waals surface area contributed by atoms with Gasteiger partial charge in [-0.25, -0.2) is 0 Å². The van der Waals surface area contributed by atoms with Gasteiger partial charge in [-0.2, -0.15) is 0 Å². The predicted octanol–water partition coefficient (Wildman–Crippen LogP) is 5.62. The van der Waals surface area contributed by atoms with E-state index >= 15 is 0 Å². The number of halogens is 5. The van der Waals surface area contributed by atoms with E-state index in [1.807, 2.05) is 0 Å². The maximum absolute atomic E-state index is 12.7. The lowest BCUT2D eigenvalue weighted by molar-refractivity contribution is 0.364. The molecule has 2 nitrogen and oxygen atoms in total. The molecule has 0 aliphatic carbocycles. The third-order valence-electron chi connectivity index (χ3n) is 2.44. The van der Waals surface area contributed by atoms with Crippen LogP contribution in [-0.4, -0.2) is 15.0 Å². The fourth-order valence-electron chi connectivity index (χ4n) is 1.28. The van der Waals surface area contributed by atoms with Crippen LogP contribution in [-0.2, 0) is 11.4 Å². The van der Waals surface area contributed by atoms with Crippen LogP contribution in [0.15, 0.2) is 33.6 Å². The van der Waals surface area contributed by atoms with Crippen LogP contribution in [0.3, 0.4) is 0 Å². The van der Waals surface area contributed by atoms with Crippen molar-refractivity contribution in [2.45, 2.75) is 37.3 Å². The first-order chi connectivity index (χ1) is 9.00. The van der Waals surface area contributed by atoms with E-state index in [0.29, 0.717) is 12.1 Å². The summed E-state index contributed by atoms with van der Waals surface area (Å²) in [4.78, 5) is -1.98. The van der Waals surface area contributed by atoms with Gasteiger partial charge in [0, 0.05) is 5.56 Å². The van der Waals surface area contributed by atoms with E-state index in [1.165, 1.54) is 13.0 Å². The fraction of sp³-hybridized carbons (Fsp3) is 0.417. The van der Waals surface area contributed by atoms with Crippen molar-refractivity contribution in [3.63, 3.8) is 0 Å². The standard InChI is InChI=1S/C12H16F5NOS2/c1-9(18-20(19)12(2,3)4)10-6-5-7-11(8-10)21(13,14,15,16)17/h5-8H,1-4H3/b18-9+. The van der Waals surface area contributed by atoms with Gasteiger partial charge in [0.2, 0.25) is 0 Å². The smallest absolute Gasteiger partial charge is 0.310 e. The molecule has 122 valence electrons. The zero-order valence-corrected chi connectivity index (χ0v) is 13.5. The summed E-state index contributed by atoms with van der Waals surface area (Å²) in [7, 11) is -9.73. The molecule has 0 spiro atoms. The summed E-state index contributed by atoms with van der Waals surface area (Å²) in [6, 6.07) is 2.74. The zero-order valence-electron chi connectivity index (χ0n) is 11.9. The Hall–Kier alpha value is -0.800. The molecule has 0 amide bonds. The SMILES string of the molecule is C/C(=N\[S+]([O-])C(C)(C)C)c1cccc(S(F)(F)(F)(F)F)c1. The van der Waals surface area contributed by atoms with Gasteiger partial charge in [0.05, 0.1) is 5.71 Å². The highest BCUT2D eigenvalue weighted by atomic mass is 32.5. The lowest BCUT2D eigenvalue weighted by Gasteiger charge is -2.40. The van der Waals surface area contributed by atoms with Crippen molar-refractivity contribution in [1.82, 2.24) is 0 Å².